The Hall–Kier alpha value is -4.57. The number of carbonyl (C=O) groups is 10. The van der Waals surface area contributed by atoms with Gasteiger partial charge in [0, 0.05) is 99.1 Å². The van der Waals surface area contributed by atoms with Gasteiger partial charge in [-0.05, 0) is 205 Å². The van der Waals surface area contributed by atoms with Crippen LogP contribution < -0.4 is 53.6 Å². The summed E-state index contributed by atoms with van der Waals surface area (Å²) >= 11 is 5.17. The van der Waals surface area contributed by atoms with Crippen molar-refractivity contribution in [3.63, 3.8) is 0 Å². The molecule has 12 N–H and O–H groups in total. The molecule has 0 heterocycles. The number of rotatable bonds is 55. The first-order valence-electron chi connectivity index (χ1n) is 38.6. The molecule has 0 spiro atoms. The lowest BCUT2D eigenvalue weighted by Crippen LogP contribution is -2.53. The molecule has 12 aliphatic carbocycles. The zero-order chi connectivity index (χ0) is 73.6. The van der Waals surface area contributed by atoms with E-state index in [1.807, 2.05) is 0 Å². The van der Waals surface area contributed by atoms with Crippen LogP contribution in [-0.4, -0.2) is 255 Å². The van der Waals surface area contributed by atoms with E-state index in [9.17, 15) is 53.1 Å². The van der Waals surface area contributed by atoms with Crippen LogP contribution in [0.5, 0.6) is 0 Å². The zero-order valence-corrected chi connectivity index (χ0v) is 63.5. The molecular formula is C73H120N10O18S3. The quantitative estimate of drug-likeness (QED) is 0.0389. The fourth-order valence-electron chi connectivity index (χ4n) is 19.1. The molecule has 0 aromatic carbocycles. The topological polar surface area (TPSA) is 390 Å². The van der Waals surface area contributed by atoms with Crippen molar-refractivity contribution in [3.05, 3.63) is 0 Å². The van der Waals surface area contributed by atoms with Crippen molar-refractivity contribution in [2.75, 3.05) is 173 Å². The minimum absolute atomic E-state index is 0.0449. The summed E-state index contributed by atoms with van der Waals surface area (Å²) in [6, 6.07) is -3.27. The Bertz CT molecular complexity index is 2690. The molecule has 12 rings (SSSR count). The first-order chi connectivity index (χ1) is 50.3. The molecule has 9 amide bonds. The largest absolute Gasteiger partial charge is 0.480 e. The molecule has 0 radical (unpaired) electrons. The zero-order valence-electron chi connectivity index (χ0n) is 61.1. The van der Waals surface area contributed by atoms with E-state index in [1.165, 1.54) is 57.8 Å². The Morgan fingerprint density at radius 3 is 0.981 bits per heavy atom. The lowest BCUT2D eigenvalue weighted by Gasteiger charge is -2.55. The van der Waals surface area contributed by atoms with E-state index in [0.717, 1.165) is 116 Å². The smallest absolute Gasteiger partial charge is 0.328 e. The number of carboxylic acid groups (broad SMARTS) is 1. The molecule has 12 saturated carbocycles. The molecule has 0 unspecified atom stereocenters. The average Bonchev–Trinajstić information content (AvgIpc) is 0.759. The monoisotopic (exact) mass is 1520 g/mol. The van der Waals surface area contributed by atoms with Crippen LogP contribution in [0.4, 0.5) is 0 Å². The molecule has 12 bridgehead atoms. The Balaban J connectivity index is 0.559. The molecule has 31 heteroatoms. The Labute approximate surface area is 626 Å². The van der Waals surface area contributed by atoms with E-state index in [1.54, 1.807) is 35.3 Å². The van der Waals surface area contributed by atoms with Crippen molar-refractivity contribution < 1.29 is 86.2 Å². The molecule has 0 aromatic rings. The first kappa shape index (κ1) is 83.5. The Kier molecular flexibility index (Phi) is 35.0. The van der Waals surface area contributed by atoms with Crippen molar-refractivity contribution in [2.24, 2.45) is 75.2 Å². The molecule has 588 valence electrons. The maximum Gasteiger partial charge on any atom is 0.328 e. The highest BCUT2D eigenvalue weighted by Crippen LogP contribution is 2.62. The van der Waals surface area contributed by atoms with Crippen LogP contribution in [0.3, 0.4) is 0 Å². The summed E-state index contributed by atoms with van der Waals surface area (Å²) in [5.41, 5.74) is 5.57. The van der Waals surface area contributed by atoms with E-state index in [4.69, 9.17) is 38.9 Å². The summed E-state index contributed by atoms with van der Waals surface area (Å²) in [4.78, 5) is 128. The van der Waals surface area contributed by atoms with Crippen LogP contribution in [0.15, 0.2) is 0 Å². The van der Waals surface area contributed by atoms with Gasteiger partial charge in [0.05, 0.1) is 46.2 Å². The highest BCUT2D eigenvalue weighted by atomic mass is 32.2. The third-order valence-electron chi connectivity index (χ3n) is 22.5. The number of nitrogens with two attached hydrogens (primary N) is 1. The second-order valence-electron chi connectivity index (χ2n) is 31.2. The van der Waals surface area contributed by atoms with Gasteiger partial charge in [-0.15, -0.1) is 0 Å². The van der Waals surface area contributed by atoms with Crippen molar-refractivity contribution in [3.8, 4) is 0 Å². The highest BCUT2D eigenvalue weighted by Gasteiger charge is 2.57. The van der Waals surface area contributed by atoms with E-state index in [0.29, 0.717) is 87.8 Å². The number of carbonyl (C=O) groups excluding carboxylic acids is 9. The van der Waals surface area contributed by atoms with Crippen LogP contribution in [0.25, 0.3) is 0 Å². The second kappa shape index (κ2) is 43.6. The number of hydrogen-bond acceptors (Lipinski definition) is 21. The van der Waals surface area contributed by atoms with Crippen LogP contribution in [0.1, 0.15) is 135 Å². The number of nitrogens with one attached hydrogen (secondary N) is 9. The molecular weight excluding hydrogens is 1400 g/mol. The van der Waals surface area contributed by atoms with Crippen LogP contribution in [0, 0.1) is 69.5 Å². The van der Waals surface area contributed by atoms with Gasteiger partial charge in [0.15, 0.2) is 6.04 Å². The Morgan fingerprint density at radius 1 is 0.337 bits per heavy atom. The molecule has 12 fully saturated rings. The van der Waals surface area contributed by atoms with Crippen molar-refractivity contribution in [1.29, 1.82) is 0 Å². The van der Waals surface area contributed by atoms with Gasteiger partial charge in [0.25, 0.3) is 0 Å². The normalized spacial score (nSPS) is 27.9. The fourth-order valence-corrected chi connectivity index (χ4v) is 21.4. The lowest BCUT2D eigenvalue weighted by atomic mass is 9.49. The third-order valence-corrected chi connectivity index (χ3v) is 25.7. The molecule has 0 aromatic heterocycles. The highest BCUT2D eigenvalue weighted by molar-refractivity contribution is 7.99. The molecule has 0 saturated heterocycles. The summed E-state index contributed by atoms with van der Waals surface area (Å²) in [7, 11) is 0. The standard InChI is InChI=1S/C73H120N10O18S3/c74-58(42-97-11-1-18-102-21-8-79-68(92)71-33-49-24-50(34-71)26-51(25-49)35-71)65(88)77-6-16-95-14-4-75-61(84)45-100-47-63(86)82-59(43-98-12-2-19-103-22-9-80-69(93)72-36-52-27-53(37-72)29-54(28-52)38-72)66(89)78-7-17-96-15-5-76-62(85)46-101-48-64(87)83-60(67(90)91)44-99-13-3-20-104-23-10-81-70(94)73-39-55-30-56(40-73)32-57(31-55)41-73/h49-60H,1-48,74H2,(H,75,84)(H,76,85)(H,77,88)(H,78,89)(H,79,92)(H,80,93)(H,81,94)(H,82,86)(H,83,87)(H,90,91)/t49?,50?,51?,52?,53?,54?,55?,56?,57?,58-,59-,60-,71?,72?,73?/m0/s1. The van der Waals surface area contributed by atoms with Gasteiger partial charge in [-0.25, -0.2) is 4.79 Å². The van der Waals surface area contributed by atoms with E-state index < -0.39 is 80.1 Å². The number of carboxylic acids is 1. The summed E-state index contributed by atoms with van der Waals surface area (Å²) in [6.45, 7) is 1.51. The predicted molar refractivity (Wildman–Crippen MR) is 394 cm³/mol. The number of amides is 9. The average molecular weight is 1520 g/mol. The summed E-state index contributed by atoms with van der Waals surface area (Å²) < 4.78 is 38.7. The molecule has 3 atom stereocenters. The fraction of sp³-hybridized carbons (Fsp3) is 0.863. The van der Waals surface area contributed by atoms with Crippen molar-refractivity contribution in [1.82, 2.24) is 47.9 Å². The maximum atomic E-state index is 13.4. The molecule has 104 heavy (non-hydrogen) atoms. The minimum Gasteiger partial charge on any atom is -0.480 e. The summed E-state index contributed by atoms with van der Waals surface area (Å²) in [5.74, 6) is 7.33. The van der Waals surface area contributed by atoms with Crippen LogP contribution >= 0.6 is 35.3 Å². The van der Waals surface area contributed by atoms with Crippen LogP contribution in [0.2, 0.25) is 0 Å². The maximum absolute atomic E-state index is 13.4. The predicted octanol–water partition coefficient (Wildman–Crippen LogP) is 2.32. The molecule has 0 aliphatic heterocycles. The SMILES string of the molecule is N[C@@H](COCCCSCCNC(=O)C12CC3CC(CC(C3)C1)C2)C(=O)NCCOCCNC(=O)COCC(=O)N[C@@H](COCCCSCCNC(=O)C12CC3CC(CC(C3)C1)C2)C(=O)NCCOCCNC(=O)COCC(=O)N[C@@H](COCCCSCCNC(=O)C12CC3CC(CC(C3)C1)C2)C(=O)O. The first-order valence-corrected chi connectivity index (χ1v) is 42.1. The van der Waals surface area contributed by atoms with Crippen LogP contribution in [-0.2, 0) is 81.1 Å². The number of hydrogen-bond donors (Lipinski definition) is 11. The van der Waals surface area contributed by atoms with Gasteiger partial charge in [-0.1, -0.05) is 0 Å². The van der Waals surface area contributed by atoms with Gasteiger partial charge in [0.1, 0.15) is 38.5 Å². The van der Waals surface area contributed by atoms with E-state index in [-0.39, 0.29) is 112 Å². The number of ether oxygens (including phenoxy) is 7. The van der Waals surface area contributed by atoms with Gasteiger partial charge in [0.2, 0.25) is 53.2 Å². The Morgan fingerprint density at radius 2 is 0.635 bits per heavy atom. The lowest BCUT2D eigenvalue weighted by molar-refractivity contribution is -0.146. The third kappa shape index (κ3) is 27.2. The second-order valence-corrected chi connectivity index (χ2v) is 34.8. The van der Waals surface area contributed by atoms with Gasteiger partial charge in [-0.3, -0.25) is 43.2 Å². The van der Waals surface area contributed by atoms with Crippen molar-refractivity contribution in [2.45, 2.75) is 153 Å². The van der Waals surface area contributed by atoms with Gasteiger partial charge in [-0.2, -0.15) is 35.3 Å². The van der Waals surface area contributed by atoms with Crippen molar-refractivity contribution >= 4 is 94.4 Å². The molecule has 28 nitrogen and oxygen atoms in total. The number of aliphatic carboxylic acids is 1. The van der Waals surface area contributed by atoms with E-state index in [2.05, 4.69) is 47.9 Å². The van der Waals surface area contributed by atoms with Gasteiger partial charge < -0.3 is 91.8 Å². The van der Waals surface area contributed by atoms with Gasteiger partial charge >= 0.3 is 5.97 Å². The minimum atomic E-state index is -1.31. The summed E-state index contributed by atoms with van der Waals surface area (Å²) in [5, 5.41) is 34.9. The summed E-state index contributed by atoms with van der Waals surface area (Å²) in [6.07, 6.45) is 23.2. The molecule has 12 aliphatic rings. The number of thioether (sulfide) groups is 3. The van der Waals surface area contributed by atoms with E-state index >= 15 is 0 Å².